The second-order valence-electron chi connectivity index (χ2n) is 15.4. The van der Waals surface area contributed by atoms with Crippen LogP contribution in [0.1, 0.15) is 164 Å². The van der Waals surface area contributed by atoms with Crippen LogP contribution in [0.25, 0.3) is 0 Å². The van der Waals surface area contributed by atoms with Gasteiger partial charge < -0.3 is 9.47 Å². The van der Waals surface area contributed by atoms with Crippen molar-refractivity contribution in [3.8, 4) is 0 Å². The van der Waals surface area contributed by atoms with Crippen molar-refractivity contribution >= 4 is 24.1 Å². The molecule has 3 nitrogen and oxygen atoms in total. The number of carbonyl (C=O) groups excluding carboxylic acids is 1. The van der Waals surface area contributed by atoms with E-state index in [1.54, 1.807) is 0 Å². The van der Waals surface area contributed by atoms with Gasteiger partial charge in [0.25, 0.3) is 0 Å². The number of benzene rings is 1. The van der Waals surface area contributed by atoms with Gasteiger partial charge in [-0.25, -0.2) is 0 Å². The molecule has 1 aliphatic rings. The molecule has 0 aliphatic carbocycles. The molecule has 1 unspecified atom stereocenters. The van der Waals surface area contributed by atoms with Crippen LogP contribution in [-0.2, 0) is 14.3 Å². The second kappa shape index (κ2) is 29.8. The van der Waals surface area contributed by atoms with Gasteiger partial charge in [-0.05, 0) is 105 Å². The van der Waals surface area contributed by atoms with Crippen LogP contribution in [0.5, 0.6) is 0 Å². The Morgan fingerprint density at radius 2 is 1.00 bits per heavy atom. The summed E-state index contributed by atoms with van der Waals surface area (Å²) in [4.78, 5) is 12.3. The predicted molar refractivity (Wildman–Crippen MR) is 232 cm³/mol. The molecule has 0 saturated carbocycles. The molecule has 4 heteroatoms. The van der Waals surface area contributed by atoms with E-state index in [0.29, 0.717) is 17.7 Å². The molecule has 1 fully saturated rings. The van der Waals surface area contributed by atoms with Crippen LogP contribution in [0.3, 0.4) is 0 Å². The molecule has 53 heavy (non-hydrogen) atoms. The molecule has 1 aliphatic heterocycles. The van der Waals surface area contributed by atoms with Crippen LogP contribution in [-0.4, -0.2) is 39.1 Å². The first-order valence-corrected chi connectivity index (χ1v) is 22.4. The molecule has 1 aromatic carbocycles. The number of hydrogen-bond acceptors (Lipinski definition) is 3. The molecule has 0 aromatic heterocycles. The van der Waals surface area contributed by atoms with Crippen molar-refractivity contribution in [2.45, 2.75) is 170 Å². The van der Waals surface area contributed by atoms with E-state index in [4.69, 9.17) is 9.47 Å². The van der Waals surface area contributed by atoms with Crippen molar-refractivity contribution in [1.82, 2.24) is 0 Å². The SMILES string of the molecule is C/C(=C\CC/C(C)=C/CC/C(C)=C/CC/C(C)=C/COC1CCCCO1)CC/C=C(\C)CC/C=C(\C)CC/C=C(\C)CCCC(=O)[Se]c1ccccc1. The molecular weight excluding hydrogens is 715 g/mol. The Morgan fingerprint density at radius 3 is 1.42 bits per heavy atom. The van der Waals surface area contributed by atoms with E-state index >= 15 is 0 Å². The average Bonchev–Trinajstić information content (AvgIpc) is 3.12. The van der Waals surface area contributed by atoms with Gasteiger partial charge >= 0.3 is 141 Å². The van der Waals surface area contributed by atoms with Gasteiger partial charge in [-0.15, -0.1) is 0 Å². The van der Waals surface area contributed by atoms with Crippen LogP contribution in [0, 0.1) is 0 Å². The van der Waals surface area contributed by atoms with E-state index in [9.17, 15) is 4.79 Å². The topological polar surface area (TPSA) is 35.5 Å². The Morgan fingerprint density at radius 1 is 0.585 bits per heavy atom. The Bertz CT molecular complexity index is 1380. The zero-order chi connectivity index (χ0) is 38.5. The molecule has 0 N–H and O–H groups in total. The molecule has 0 amide bonds. The van der Waals surface area contributed by atoms with Gasteiger partial charge in [0.05, 0.1) is 6.61 Å². The third-order valence-electron chi connectivity index (χ3n) is 9.97. The number of hydrogen-bond donors (Lipinski definition) is 0. The molecule has 1 atom stereocenters. The fourth-order valence-electron chi connectivity index (χ4n) is 6.31. The minimum atomic E-state index is -0.0421. The Hall–Kier alpha value is -2.49. The molecule has 1 saturated heterocycles. The Kier molecular flexibility index (Phi) is 26.3. The van der Waals surface area contributed by atoms with E-state index < -0.39 is 0 Å². The summed E-state index contributed by atoms with van der Waals surface area (Å²) in [5.41, 5.74) is 10.3. The van der Waals surface area contributed by atoms with Gasteiger partial charge in [-0.1, -0.05) is 58.2 Å². The van der Waals surface area contributed by atoms with Gasteiger partial charge in [0.2, 0.25) is 0 Å². The van der Waals surface area contributed by atoms with Crippen molar-refractivity contribution < 1.29 is 14.3 Å². The monoisotopic (exact) mass is 790 g/mol. The summed E-state index contributed by atoms with van der Waals surface area (Å²) >= 11 is -0.0421. The second-order valence-corrected chi connectivity index (χ2v) is 17.7. The van der Waals surface area contributed by atoms with Gasteiger partial charge in [0.15, 0.2) is 6.29 Å². The van der Waals surface area contributed by atoms with Crippen molar-refractivity contribution in [2.75, 3.05) is 13.2 Å². The van der Waals surface area contributed by atoms with Gasteiger partial charge in [0, 0.05) is 6.61 Å². The van der Waals surface area contributed by atoms with Crippen molar-refractivity contribution in [2.24, 2.45) is 0 Å². The summed E-state index contributed by atoms with van der Waals surface area (Å²) in [7, 11) is 0. The third-order valence-corrected chi connectivity index (χ3v) is 11.9. The van der Waals surface area contributed by atoms with E-state index in [-0.39, 0.29) is 21.2 Å². The molecule has 0 radical (unpaired) electrons. The summed E-state index contributed by atoms with van der Waals surface area (Å²) in [6.07, 6.45) is 36.4. The summed E-state index contributed by atoms with van der Waals surface area (Å²) < 4.78 is 13.1. The molecule has 294 valence electrons. The zero-order valence-corrected chi connectivity index (χ0v) is 36.5. The van der Waals surface area contributed by atoms with Gasteiger partial charge in [0.1, 0.15) is 0 Å². The van der Waals surface area contributed by atoms with Crippen molar-refractivity contribution in [3.05, 3.63) is 112 Å². The number of rotatable bonds is 27. The molecule has 2 rings (SSSR count). The summed E-state index contributed by atoms with van der Waals surface area (Å²) in [6, 6.07) is 10.2. The van der Waals surface area contributed by atoms with Crippen LogP contribution >= 0.6 is 0 Å². The molecule has 0 bridgehead atoms. The van der Waals surface area contributed by atoms with Crippen LogP contribution < -0.4 is 4.46 Å². The molecular formula is C49H74O3Se. The standard InChI is InChI=1S/C49H74O3Se/c1-40(22-14-23-42(3)26-16-27-44(5)30-18-31-46(7)37-39-52-49-36-11-12-38-51-49)20-13-21-41(2)24-15-25-43(4)28-17-29-45(6)32-19-35-48(50)53-47-33-9-8-10-34-47/h8-10,21-22,25-26,29-30,33-34,37,49H,11-20,23-24,27-28,31-32,35-36,38-39H2,1-7H3/b40-22+,41-21+,42-26+,43-25+,44-30+,45-29+,46-37+. The van der Waals surface area contributed by atoms with Gasteiger partial charge in [-0.2, -0.15) is 0 Å². The number of carbonyl (C=O) groups is 1. The summed E-state index contributed by atoms with van der Waals surface area (Å²) in [5.74, 6) is 0. The summed E-state index contributed by atoms with van der Waals surface area (Å²) in [6.45, 7) is 17.3. The zero-order valence-electron chi connectivity index (χ0n) is 34.8. The Balaban J connectivity index is 1.51. The normalized spacial score (nSPS) is 17.1. The van der Waals surface area contributed by atoms with E-state index in [2.05, 4.69) is 103 Å². The quantitative estimate of drug-likeness (QED) is 0.0658. The average molecular weight is 790 g/mol. The van der Waals surface area contributed by atoms with Crippen molar-refractivity contribution in [1.29, 1.82) is 0 Å². The molecule has 1 heterocycles. The maximum absolute atomic E-state index is 12.3. The van der Waals surface area contributed by atoms with Crippen LogP contribution in [0.15, 0.2) is 112 Å². The fourth-order valence-corrected chi connectivity index (χ4v) is 8.00. The maximum atomic E-state index is 12.3. The number of allylic oxidation sites excluding steroid dienone is 13. The minimum absolute atomic E-state index is 0.000190. The van der Waals surface area contributed by atoms with Crippen molar-refractivity contribution in [3.63, 3.8) is 0 Å². The first-order valence-electron chi connectivity index (χ1n) is 20.7. The summed E-state index contributed by atoms with van der Waals surface area (Å²) in [5, 5.41) is 0. The Labute approximate surface area is 332 Å². The number of ether oxygens (including phenoxy) is 2. The van der Waals surface area contributed by atoms with Gasteiger partial charge in [-0.3, -0.25) is 0 Å². The first kappa shape index (κ1) is 46.7. The fraction of sp³-hybridized carbons (Fsp3) is 0.571. The van der Waals surface area contributed by atoms with E-state index in [1.807, 2.05) is 18.2 Å². The van der Waals surface area contributed by atoms with Crippen LogP contribution in [0.4, 0.5) is 0 Å². The van der Waals surface area contributed by atoms with E-state index in [1.165, 1.54) is 49.9 Å². The van der Waals surface area contributed by atoms with Crippen LogP contribution in [0.2, 0.25) is 0 Å². The third kappa shape index (κ3) is 26.0. The van der Waals surface area contributed by atoms with E-state index in [0.717, 1.165) is 109 Å². The predicted octanol–water partition coefficient (Wildman–Crippen LogP) is 13.6. The molecule has 1 aromatic rings. The molecule has 0 spiro atoms. The first-order chi connectivity index (χ1) is 25.6.